The predicted molar refractivity (Wildman–Crippen MR) is 80.3 cm³/mol. The average molecular weight is 328 g/mol. The van der Waals surface area contributed by atoms with Crippen LogP contribution in [-0.4, -0.2) is 21.2 Å². The molecule has 0 radical (unpaired) electrons. The fourth-order valence-corrected chi connectivity index (χ4v) is 2.52. The topological polar surface area (TPSA) is 47.3 Å². The van der Waals surface area contributed by atoms with Crippen molar-refractivity contribution >= 4 is 0 Å². The van der Waals surface area contributed by atoms with Gasteiger partial charge in [0.05, 0.1) is 5.69 Å². The van der Waals surface area contributed by atoms with Gasteiger partial charge in [0.25, 0.3) is 0 Å². The van der Waals surface area contributed by atoms with Gasteiger partial charge in [0.2, 0.25) is 0 Å². The van der Waals surface area contributed by atoms with Gasteiger partial charge in [-0.25, -0.2) is 0 Å². The highest BCUT2D eigenvalue weighted by Gasteiger charge is 2.32. The largest absolute Gasteiger partial charge is 0.573 e. The molecule has 23 heavy (non-hydrogen) atoms. The van der Waals surface area contributed by atoms with Crippen molar-refractivity contribution in [3.63, 3.8) is 0 Å². The molecule has 0 amide bonds. The van der Waals surface area contributed by atoms with Crippen molar-refractivity contribution in [2.45, 2.75) is 40.6 Å². The van der Waals surface area contributed by atoms with Crippen molar-refractivity contribution < 1.29 is 23.0 Å². The van der Waals surface area contributed by atoms with Gasteiger partial charge in [-0.15, -0.1) is 13.2 Å². The van der Waals surface area contributed by atoms with Crippen LogP contribution in [0.5, 0.6) is 11.5 Å². The lowest BCUT2D eigenvalue weighted by Gasteiger charge is -2.12. The maximum Gasteiger partial charge on any atom is 0.573 e. The number of nitrogens with zero attached hydrogens (tertiary/aromatic N) is 2. The molecule has 0 atom stereocenters. The minimum atomic E-state index is -4.84. The highest BCUT2D eigenvalue weighted by atomic mass is 19.4. The maximum atomic E-state index is 12.3. The normalized spacial score (nSPS) is 12.0. The number of hydrogen-bond acceptors (Lipinski definition) is 3. The molecule has 0 fully saturated rings. The number of aromatic hydroxyl groups is 1. The van der Waals surface area contributed by atoms with Gasteiger partial charge in [-0.3, -0.25) is 4.68 Å². The molecule has 0 saturated heterocycles. The van der Waals surface area contributed by atoms with Gasteiger partial charge >= 0.3 is 6.36 Å². The molecule has 4 nitrogen and oxygen atoms in total. The predicted octanol–water partition coefficient (Wildman–Crippen LogP) is 4.43. The second kappa shape index (κ2) is 6.14. The third-order valence-electron chi connectivity index (χ3n) is 3.39. The first-order valence-electron chi connectivity index (χ1n) is 7.21. The molecule has 0 aliphatic rings. The van der Waals surface area contributed by atoms with Gasteiger partial charge < -0.3 is 9.84 Å². The van der Waals surface area contributed by atoms with Gasteiger partial charge in [0.15, 0.2) is 11.5 Å². The van der Waals surface area contributed by atoms with Gasteiger partial charge in [-0.05, 0) is 37.5 Å². The first kappa shape index (κ1) is 17.2. The van der Waals surface area contributed by atoms with Crippen LogP contribution in [0.3, 0.4) is 0 Å². The molecule has 0 aliphatic carbocycles. The average Bonchev–Trinajstić information content (AvgIpc) is 2.65. The zero-order chi connectivity index (χ0) is 17.4. The molecular formula is C16H19F3N2O2. The van der Waals surface area contributed by atoms with Crippen LogP contribution in [0.2, 0.25) is 0 Å². The van der Waals surface area contributed by atoms with E-state index in [0.717, 1.165) is 29.6 Å². The summed E-state index contributed by atoms with van der Waals surface area (Å²) in [7, 11) is 0. The van der Waals surface area contributed by atoms with Gasteiger partial charge in [-0.1, -0.05) is 19.9 Å². The van der Waals surface area contributed by atoms with E-state index in [1.54, 1.807) is 0 Å². The van der Waals surface area contributed by atoms with E-state index in [4.69, 9.17) is 0 Å². The van der Waals surface area contributed by atoms with E-state index in [9.17, 15) is 18.3 Å². The van der Waals surface area contributed by atoms with Crippen molar-refractivity contribution in [3.05, 3.63) is 29.6 Å². The quantitative estimate of drug-likeness (QED) is 0.903. The molecule has 0 aliphatic heterocycles. The molecule has 1 aromatic heterocycles. The summed E-state index contributed by atoms with van der Waals surface area (Å²) in [6.07, 6.45) is -4.84. The van der Waals surface area contributed by atoms with Crippen LogP contribution in [0, 0.1) is 19.8 Å². The lowest BCUT2D eigenvalue weighted by atomic mass is 10.0. The number of phenolic OH excluding ortho intramolecular Hbond substituents is 1. The molecule has 1 N–H and O–H groups in total. The molecular weight excluding hydrogens is 309 g/mol. The third kappa shape index (κ3) is 3.97. The van der Waals surface area contributed by atoms with Crippen LogP contribution in [0.15, 0.2) is 18.2 Å². The maximum absolute atomic E-state index is 12.3. The van der Waals surface area contributed by atoms with Crippen molar-refractivity contribution in [1.29, 1.82) is 0 Å². The van der Waals surface area contributed by atoms with Crippen molar-refractivity contribution in [1.82, 2.24) is 9.78 Å². The number of aryl methyl sites for hydroxylation is 1. The van der Waals surface area contributed by atoms with Crippen molar-refractivity contribution in [2.24, 2.45) is 5.92 Å². The van der Waals surface area contributed by atoms with E-state index < -0.39 is 17.9 Å². The Bertz CT molecular complexity index is 706. The molecule has 0 bridgehead atoms. The lowest BCUT2D eigenvalue weighted by Crippen LogP contribution is -2.17. The third-order valence-corrected chi connectivity index (χ3v) is 3.39. The van der Waals surface area contributed by atoms with Crippen molar-refractivity contribution in [2.75, 3.05) is 0 Å². The Morgan fingerprint density at radius 3 is 2.43 bits per heavy atom. The van der Waals surface area contributed by atoms with Crippen LogP contribution >= 0.6 is 0 Å². The number of hydrogen-bond donors (Lipinski definition) is 1. The second-order valence-corrected chi connectivity index (χ2v) is 5.85. The Labute approximate surface area is 132 Å². The lowest BCUT2D eigenvalue weighted by molar-refractivity contribution is -0.275. The Morgan fingerprint density at radius 2 is 1.91 bits per heavy atom. The monoisotopic (exact) mass is 328 g/mol. The number of halogens is 3. The number of alkyl halides is 3. The SMILES string of the molecule is Cc1nn(CC(C)C)c(C)c1-c1ccc(OC(F)(F)F)c(O)c1. The summed E-state index contributed by atoms with van der Waals surface area (Å²) in [5.74, 6) is -0.766. The zero-order valence-electron chi connectivity index (χ0n) is 13.4. The standard InChI is InChI=1S/C16H19F3N2O2/c1-9(2)8-21-11(4)15(10(3)20-21)12-5-6-14(13(22)7-12)23-16(17,18)19/h5-7,9,22H,8H2,1-4H3. The summed E-state index contributed by atoms with van der Waals surface area (Å²) in [6.45, 7) is 8.62. The number of phenols is 1. The first-order chi connectivity index (χ1) is 10.6. The molecule has 2 aromatic rings. The summed E-state index contributed by atoms with van der Waals surface area (Å²) < 4.78 is 42.4. The van der Waals surface area contributed by atoms with Crippen LogP contribution in [-0.2, 0) is 6.54 Å². The van der Waals surface area contributed by atoms with Gasteiger partial charge in [0.1, 0.15) is 0 Å². The summed E-state index contributed by atoms with van der Waals surface area (Å²) >= 11 is 0. The Kier molecular flexibility index (Phi) is 4.58. The highest BCUT2D eigenvalue weighted by molar-refractivity contribution is 5.71. The molecule has 126 valence electrons. The fourth-order valence-electron chi connectivity index (χ4n) is 2.52. The molecule has 2 rings (SSSR count). The molecule has 0 saturated carbocycles. The number of ether oxygens (including phenoxy) is 1. The minimum absolute atomic E-state index is 0.414. The van der Waals surface area contributed by atoms with Crippen LogP contribution in [0.4, 0.5) is 13.2 Å². The van der Waals surface area contributed by atoms with E-state index in [-0.39, 0.29) is 0 Å². The molecule has 7 heteroatoms. The molecule has 1 heterocycles. The zero-order valence-corrected chi connectivity index (χ0v) is 13.4. The van der Waals surface area contributed by atoms with Crippen LogP contribution in [0.1, 0.15) is 25.2 Å². The highest BCUT2D eigenvalue weighted by Crippen LogP contribution is 2.36. The molecule has 0 unspecified atom stereocenters. The van der Waals surface area contributed by atoms with E-state index in [1.165, 1.54) is 12.1 Å². The first-order valence-corrected chi connectivity index (χ1v) is 7.21. The van der Waals surface area contributed by atoms with Gasteiger partial charge in [-0.2, -0.15) is 5.10 Å². The summed E-state index contributed by atoms with van der Waals surface area (Å²) in [4.78, 5) is 0. The van der Waals surface area contributed by atoms with E-state index in [0.29, 0.717) is 11.5 Å². The Morgan fingerprint density at radius 1 is 1.26 bits per heavy atom. The Balaban J connectivity index is 2.40. The number of rotatable bonds is 4. The Hall–Kier alpha value is -2.18. The smallest absolute Gasteiger partial charge is 0.504 e. The van der Waals surface area contributed by atoms with Gasteiger partial charge in [0, 0.05) is 17.8 Å². The molecule has 1 aromatic carbocycles. The van der Waals surface area contributed by atoms with E-state index in [2.05, 4.69) is 23.7 Å². The van der Waals surface area contributed by atoms with Crippen LogP contribution < -0.4 is 4.74 Å². The summed E-state index contributed by atoms with van der Waals surface area (Å²) in [5, 5.41) is 14.3. The van der Waals surface area contributed by atoms with E-state index >= 15 is 0 Å². The minimum Gasteiger partial charge on any atom is -0.504 e. The van der Waals surface area contributed by atoms with E-state index in [1.807, 2.05) is 18.5 Å². The summed E-state index contributed by atoms with van der Waals surface area (Å²) in [5.41, 5.74) is 3.06. The molecule has 0 spiro atoms. The summed E-state index contributed by atoms with van der Waals surface area (Å²) in [6, 6.07) is 3.85. The fraction of sp³-hybridized carbons (Fsp3) is 0.438. The second-order valence-electron chi connectivity index (χ2n) is 5.85. The number of aromatic nitrogens is 2. The number of benzene rings is 1. The van der Waals surface area contributed by atoms with Crippen LogP contribution in [0.25, 0.3) is 11.1 Å². The van der Waals surface area contributed by atoms with Crippen molar-refractivity contribution in [3.8, 4) is 22.6 Å².